The summed E-state index contributed by atoms with van der Waals surface area (Å²) in [7, 11) is 0. The first-order valence-corrected chi connectivity index (χ1v) is 11.3. The number of hydrogen-bond acceptors (Lipinski definition) is 8. The Morgan fingerprint density at radius 1 is 0.829 bits per heavy atom. The number of nitrogens with zero attached hydrogens (tertiary/aromatic N) is 1. The van der Waals surface area contributed by atoms with Gasteiger partial charge in [-0.3, -0.25) is 24.2 Å². The van der Waals surface area contributed by atoms with E-state index in [1.54, 1.807) is 0 Å². The number of nitrogens with one attached hydrogen (secondary N) is 3. The minimum absolute atomic E-state index is 0.127. The molecule has 0 aliphatic heterocycles. The van der Waals surface area contributed by atoms with Gasteiger partial charge in [0.2, 0.25) is 17.7 Å². The Hall–Kier alpha value is -3.46. The standard InChI is InChI=1S/C20H38N8O7/c1-11(16(31)28-14(19(34)35)7-8-15(29)30)26-18(33)13(6-4-10-25-20(23)24)27-17(32)12(22)5-2-3-9-21/h11-14H,2-10,21-22H2,1H3,(H,26,33)(H,27,32)(H,28,31)(H,29,30)(H,34,35)(H4,23,24,25). The van der Waals surface area contributed by atoms with Gasteiger partial charge >= 0.3 is 11.9 Å². The zero-order valence-electron chi connectivity index (χ0n) is 19.9. The molecule has 0 heterocycles. The number of guanidine groups is 1. The predicted octanol–water partition coefficient (Wildman–Crippen LogP) is -3.08. The summed E-state index contributed by atoms with van der Waals surface area (Å²) in [5.74, 6) is -4.84. The van der Waals surface area contributed by atoms with Crippen LogP contribution < -0.4 is 38.9 Å². The normalized spacial score (nSPS) is 14.0. The second kappa shape index (κ2) is 17.0. The molecule has 15 nitrogen and oxygen atoms in total. The van der Waals surface area contributed by atoms with Crippen LogP contribution in [0.2, 0.25) is 0 Å². The number of nitrogens with two attached hydrogens (primary N) is 4. The van der Waals surface area contributed by atoms with Gasteiger partial charge in [-0.25, -0.2) is 4.79 Å². The van der Waals surface area contributed by atoms with Gasteiger partial charge in [0.1, 0.15) is 18.1 Å². The van der Waals surface area contributed by atoms with Gasteiger partial charge in [-0.2, -0.15) is 0 Å². The Morgan fingerprint density at radius 2 is 1.46 bits per heavy atom. The number of amides is 3. The number of aliphatic imine (C=N–C) groups is 1. The fourth-order valence-corrected chi connectivity index (χ4v) is 2.89. The van der Waals surface area contributed by atoms with Gasteiger partial charge in [0.15, 0.2) is 5.96 Å². The van der Waals surface area contributed by atoms with Crippen molar-refractivity contribution in [1.82, 2.24) is 16.0 Å². The average Bonchev–Trinajstić information content (AvgIpc) is 2.77. The van der Waals surface area contributed by atoms with Crippen molar-refractivity contribution >= 4 is 35.6 Å². The predicted molar refractivity (Wildman–Crippen MR) is 127 cm³/mol. The van der Waals surface area contributed by atoms with Crippen molar-refractivity contribution in [2.45, 2.75) is 76.0 Å². The van der Waals surface area contributed by atoms with Gasteiger partial charge in [-0.05, 0) is 45.6 Å². The minimum Gasteiger partial charge on any atom is -0.481 e. The Morgan fingerprint density at radius 3 is 2.00 bits per heavy atom. The molecule has 4 unspecified atom stereocenters. The van der Waals surface area contributed by atoms with E-state index in [4.69, 9.17) is 28.0 Å². The highest BCUT2D eigenvalue weighted by atomic mass is 16.4. The minimum atomic E-state index is -1.44. The summed E-state index contributed by atoms with van der Waals surface area (Å²) in [6, 6.07) is -4.54. The number of unbranched alkanes of at least 4 members (excludes halogenated alkanes) is 1. The molecule has 0 rings (SSSR count). The summed E-state index contributed by atoms with van der Waals surface area (Å²) in [6.07, 6.45) is 1.37. The molecule has 0 saturated carbocycles. The third-order valence-electron chi connectivity index (χ3n) is 4.90. The number of carbonyl (C=O) groups excluding carboxylic acids is 3. The highest BCUT2D eigenvalue weighted by molar-refractivity contribution is 5.93. The SMILES string of the molecule is CC(NC(=O)C(CCCN=C(N)N)NC(=O)C(N)CCCCN)C(=O)NC(CCC(=O)O)C(=O)O. The van der Waals surface area contributed by atoms with E-state index in [-0.39, 0.29) is 25.3 Å². The van der Waals surface area contributed by atoms with Crippen molar-refractivity contribution in [3.63, 3.8) is 0 Å². The van der Waals surface area contributed by atoms with Crippen molar-refractivity contribution in [3.05, 3.63) is 0 Å². The van der Waals surface area contributed by atoms with Gasteiger partial charge in [0, 0.05) is 13.0 Å². The molecule has 0 aromatic rings. The largest absolute Gasteiger partial charge is 0.481 e. The molecule has 15 heteroatoms. The third kappa shape index (κ3) is 14.4. The number of carbonyl (C=O) groups is 5. The summed E-state index contributed by atoms with van der Waals surface area (Å²) < 4.78 is 0. The van der Waals surface area contributed by atoms with Crippen LogP contribution in [0.4, 0.5) is 0 Å². The molecular weight excluding hydrogens is 464 g/mol. The smallest absolute Gasteiger partial charge is 0.326 e. The first kappa shape index (κ1) is 31.5. The zero-order chi connectivity index (χ0) is 27.0. The maximum absolute atomic E-state index is 12.8. The Labute approximate surface area is 203 Å². The average molecular weight is 503 g/mol. The van der Waals surface area contributed by atoms with E-state index < -0.39 is 60.2 Å². The lowest BCUT2D eigenvalue weighted by Crippen LogP contribution is -2.56. The Kier molecular flexibility index (Phi) is 15.4. The molecule has 0 aromatic heterocycles. The molecule has 0 bridgehead atoms. The van der Waals surface area contributed by atoms with Gasteiger partial charge in [-0.15, -0.1) is 0 Å². The number of hydrogen-bond donors (Lipinski definition) is 9. The maximum atomic E-state index is 12.8. The molecule has 0 aliphatic carbocycles. The van der Waals surface area contributed by atoms with Gasteiger partial charge in [-0.1, -0.05) is 6.42 Å². The van der Waals surface area contributed by atoms with Gasteiger partial charge in [0.25, 0.3) is 0 Å². The first-order valence-electron chi connectivity index (χ1n) is 11.3. The van der Waals surface area contributed by atoms with Crippen molar-refractivity contribution in [1.29, 1.82) is 0 Å². The molecule has 200 valence electrons. The van der Waals surface area contributed by atoms with Crippen molar-refractivity contribution in [2.75, 3.05) is 13.1 Å². The van der Waals surface area contributed by atoms with Crippen LogP contribution in [0.1, 0.15) is 51.9 Å². The van der Waals surface area contributed by atoms with Crippen molar-refractivity contribution < 1.29 is 34.2 Å². The Bertz CT molecular complexity index is 758. The fourth-order valence-electron chi connectivity index (χ4n) is 2.89. The van der Waals surface area contributed by atoms with Gasteiger partial charge < -0.3 is 49.1 Å². The molecular formula is C20H38N8O7. The second-order valence-electron chi connectivity index (χ2n) is 7.96. The first-order chi connectivity index (χ1) is 16.4. The number of aliphatic carboxylic acids is 2. The molecule has 0 saturated heterocycles. The lowest BCUT2D eigenvalue weighted by atomic mass is 10.1. The van der Waals surface area contributed by atoms with E-state index in [9.17, 15) is 29.1 Å². The van der Waals surface area contributed by atoms with Crippen molar-refractivity contribution in [2.24, 2.45) is 27.9 Å². The quantitative estimate of drug-likeness (QED) is 0.0514. The van der Waals surface area contributed by atoms with Crippen LogP contribution in [-0.2, 0) is 24.0 Å². The highest BCUT2D eigenvalue weighted by Gasteiger charge is 2.28. The van der Waals surface area contributed by atoms with E-state index in [2.05, 4.69) is 20.9 Å². The van der Waals surface area contributed by atoms with E-state index in [1.165, 1.54) is 6.92 Å². The van der Waals surface area contributed by atoms with E-state index in [0.717, 1.165) is 0 Å². The molecule has 0 fully saturated rings. The monoisotopic (exact) mass is 502 g/mol. The lowest BCUT2D eigenvalue weighted by Gasteiger charge is -2.23. The molecule has 13 N–H and O–H groups in total. The molecule has 35 heavy (non-hydrogen) atoms. The van der Waals surface area contributed by atoms with Crippen LogP contribution in [-0.4, -0.2) is 83.1 Å². The zero-order valence-corrected chi connectivity index (χ0v) is 19.9. The summed E-state index contributed by atoms with van der Waals surface area (Å²) in [5, 5.41) is 25.1. The fraction of sp³-hybridized carbons (Fsp3) is 0.700. The Balaban J connectivity index is 5.16. The van der Waals surface area contributed by atoms with Crippen LogP contribution in [0.25, 0.3) is 0 Å². The molecule has 0 radical (unpaired) electrons. The molecule has 4 atom stereocenters. The van der Waals surface area contributed by atoms with Gasteiger partial charge in [0.05, 0.1) is 6.04 Å². The van der Waals surface area contributed by atoms with E-state index >= 15 is 0 Å². The second-order valence-corrected chi connectivity index (χ2v) is 7.96. The number of carboxylic acids is 2. The molecule has 0 aliphatic rings. The van der Waals surface area contributed by atoms with Crippen LogP contribution in [0, 0.1) is 0 Å². The molecule has 0 spiro atoms. The maximum Gasteiger partial charge on any atom is 0.326 e. The third-order valence-corrected chi connectivity index (χ3v) is 4.90. The van der Waals surface area contributed by atoms with E-state index in [0.29, 0.717) is 32.2 Å². The molecule has 3 amide bonds. The van der Waals surface area contributed by atoms with Crippen LogP contribution in [0.15, 0.2) is 4.99 Å². The molecule has 0 aromatic carbocycles. The van der Waals surface area contributed by atoms with Crippen LogP contribution >= 0.6 is 0 Å². The topological polar surface area (TPSA) is 278 Å². The summed E-state index contributed by atoms with van der Waals surface area (Å²) >= 11 is 0. The number of rotatable bonds is 18. The summed E-state index contributed by atoms with van der Waals surface area (Å²) in [5.41, 5.74) is 21.9. The summed E-state index contributed by atoms with van der Waals surface area (Å²) in [4.78, 5) is 63.4. The van der Waals surface area contributed by atoms with Crippen LogP contribution in [0.3, 0.4) is 0 Å². The summed E-state index contributed by atoms with van der Waals surface area (Å²) in [6.45, 7) is 1.98. The van der Waals surface area contributed by atoms with Crippen LogP contribution in [0.5, 0.6) is 0 Å². The number of carboxylic acid groups (broad SMARTS) is 2. The van der Waals surface area contributed by atoms with E-state index in [1.807, 2.05) is 0 Å². The highest BCUT2D eigenvalue weighted by Crippen LogP contribution is 2.04. The lowest BCUT2D eigenvalue weighted by molar-refractivity contribution is -0.143. The van der Waals surface area contributed by atoms with Crippen molar-refractivity contribution in [3.8, 4) is 0 Å².